The van der Waals surface area contributed by atoms with E-state index < -0.39 is 11.4 Å². The summed E-state index contributed by atoms with van der Waals surface area (Å²) in [4.78, 5) is 2.59. The first-order chi connectivity index (χ1) is 14.4. The fourth-order valence-electron chi connectivity index (χ4n) is 5.15. The smallest absolute Gasteiger partial charge is 0.139 e. The molecule has 0 saturated carbocycles. The number of piperidine rings is 1. The molecule has 2 aromatic carbocycles. The molecule has 1 fully saturated rings. The molecule has 0 bridgehead atoms. The maximum atomic E-state index is 13.2. The van der Waals surface area contributed by atoms with Gasteiger partial charge in [0, 0.05) is 23.3 Å². The van der Waals surface area contributed by atoms with Gasteiger partial charge in [-0.15, -0.1) is 4.72 Å². The molecule has 1 saturated heterocycles. The topological polar surface area (TPSA) is 38.3 Å². The molecule has 2 aliphatic rings. The lowest BCUT2D eigenvalue weighted by Gasteiger charge is -2.50. The van der Waals surface area contributed by atoms with E-state index in [1.807, 2.05) is 0 Å². The summed E-state index contributed by atoms with van der Waals surface area (Å²) in [5, 5.41) is 0. The Morgan fingerprint density at radius 3 is 2.43 bits per heavy atom. The Hall–Kier alpha value is -1.33. The minimum Gasteiger partial charge on any atom is -0.598 e. The van der Waals surface area contributed by atoms with Gasteiger partial charge in [0.1, 0.15) is 4.75 Å². The summed E-state index contributed by atoms with van der Waals surface area (Å²) in [5.41, 5.74) is 4.46. The van der Waals surface area contributed by atoms with Gasteiger partial charge in [0.05, 0.1) is 6.04 Å². The Labute approximate surface area is 185 Å². The van der Waals surface area contributed by atoms with Crippen LogP contribution in [0.4, 0.5) is 0 Å². The van der Waals surface area contributed by atoms with Crippen molar-refractivity contribution >= 4 is 11.4 Å². The largest absolute Gasteiger partial charge is 0.598 e. The molecule has 2 aromatic rings. The minimum atomic E-state index is -1.04. The highest BCUT2D eigenvalue weighted by Gasteiger charge is 2.48. The van der Waals surface area contributed by atoms with E-state index in [1.54, 1.807) is 0 Å². The van der Waals surface area contributed by atoms with E-state index in [4.69, 9.17) is 0 Å². The summed E-state index contributed by atoms with van der Waals surface area (Å²) >= 11 is -1.04. The third-order valence-electron chi connectivity index (χ3n) is 7.52. The van der Waals surface area contributed by atoms with Crippen LogP contribution in [0.3, 0.4) is 0 Å². The Balaban J connectivity index is 1.55. The second kappa shape index (κ2) is 9.04. The molecular weight excluding hydrogens is 388 g/mol. The number of aryl methyl sites for hydroxylation is 1. The fourth-order valence-corrected chi connectivity index (χ4v) is 6.33. The van der Waals surface area contributed by atoms with E-state index in [0.29, 0.717) is 0 Å². The van der Waals surface area contributed by atoms with Crippen LogP contribution in [-0.2, 0) is 29.7 Å². The summed E-state index contributed by atoms with van der Waals surface area (Å²) in [7, 11) is 0. The zero-order chi connectivity index (χ0) is 21.2. The predicted molar refractivity (Wildman–Crippen MR) is 127 cm³/mol. The number of nitrogens with one attached hydrogen (secondary N) is 1. The summed E-state index contributed by atoms with van der Waals surface area (Å²) in [6.07, 6.45) is 5.30. The molecule has 0 aromatic heterocycles. The molecule has 0 amide bonds. The standard InChI is InChI=1S/C26H36N2OS/c1-4-25(2,3)30(29)27-24-15-14-22-12-8-9-13-23(22)26(24)16-18-28(19-17-26)20-21-10-6-5-7-11-21/h5-13,24,27H,4,14-20H2,1-3H3/t24-,30?/m1/s1. The van der Waals surface area contributed by atoms with E-state index in [1.165, 1.54) is 16.7 Å². The Kier molecular flexibility index (Phi) is 6.59. The van der Waals surface area contributed by atoms with Crippen molar-refractivity contribution in [1.82, 2.24) is 9.62 Å². The normalized spacial score (nSPS) is 22.6. The Morgan fingerprint density at radius 1 is 1.07 bits per heavy atom. The van der Waals surface area contributed by atoms with Crippen molar-refractivity contribution < 1.29 is 4.55 Å². The first-order valence-electron chi connectivity index (χ1n) is 11.5. The summed E-state index contributed by atoms with van der Waals surface area (Å²) in [6, 6.07) is 20.1. The van der Waals surface area contributed by atoms with Gasteiger partial charge in [-0.1, -0.05) is 61.5 Å². The van der Waals surface area contributed by atoms with Crippen LogP contribution < -0.4 is 4.72 Å². The average molecular weight is 425 g/mol. The lowest BCUT2D eigenvalue weighted by molar-refractivity contribution is 0.120. The predicted octanol–water partition coefficient (Wildman–Crippen LogP) is 4.98. The average Bonchev–Trinajstić information content (AvgIpc) is 2.78. The van der Waals surface area contributed by atoms with Crippen LogP contribution in [0.5, 0.6) is 0 Å². The highest BCUT2D eigenvalue weighted by Crippen LogP contribution is 2.45. The number of hydrogen-bond acceptors (Lipinski definition) is 3. The van der Waals surface area contributed by atoms with Crippen molar-refractivity contribution in [2.24, 2.45) is 0 Å². The highest BCUT2D eigenvalue weighted by molar-refractivity contribution is 7.90. The summed E-state index contributed by atoms with van der Waals surface area (Å²) < 4.78 is 16.6. The van der Waals surface area contributed by atoms with Gasteiger partial charge in [0.2, 0.25) is 0 Å². The molecule has 1 aliphatic heterocycles. The second-order valence-electron chi connectivity index (χ2n) is 9.67. The zero-order valence-corrected chi connectivity index (χ0v) is 19.5. The number of rotatable bonds is 6. The molecule has 1 N–H and O–H groups in total. The van der Waals surface area contributed by atoms with Gasteiger partial charge >= 0.3 is 0 Å². The van der Waals surface area contributed by atoms with Crippen molar-refractivity contribution in [3.8, 4) is 0 Å². The zero-order valence-electron chi connectivity index (χ0n) is 18.7. The van der Waals surface area contributed by atoms with Crippen LogP contribution in [0.2, 0.25) is 0 Å². The van der Waals surface area contributed by atoms with Crippen LogP contribution in [0.15, 0.2) is 54.6 Å². The maximum absolute atomic E-state index is 13.2. The molecule has 4 rings (SSSR count). The van der Waals surface area contributed by atoms with Crippen molar-refractivity contribution in [2.75, 3.05) is 13.1 Å². The first-order valence-corrected chi connectivity index (χ1v) is 12.6. The number of benzene rings is 2. The van der Waals surface area contributed by atoms with Crippen molar-refractivity contribution in [3.05, 3.63) is 71.3 Å². The van der Waals surface area contributed by atoms with Crippen LogP contribution in [0, 0.1) is 0 Å². The molecule has 1 aliphatic carbocycles. The van der Waals surface area contributed by atoms with Crippen molar-refractivity contribution in [1.29, 1.82) is 0 Å². The van der Waals surface area contributed by atoms with Gasteiger partial charge in [-0.25, -0.2) is 0 Å². The van der Waals surface area contributed by atoms with Gasteiger partial charge < -0.3 is 4.55 Å². The van der Waals surface area contributed by atoms with Gasteiger partial charge in [0.25, 0.3) is 0 Å². The number of likely N-dealkylation sites (tertiary alicyclic amines) is 1. The molecule has 1 unspecified atom stereocenters. The van der Waals surface area contributed by atoms with E-state index in [-0.39, 0.29) is 16.2 Å². The van der Waals surface area contributed by atoms with E-state index in [2.05, 4.69) is 85.0 Å². The maximum Gasteiger partial charge on any atom is 0.139 e. The molecule has 1 heterocycles. The molecular formula is C26H36N2OS. The first kappa shape index (κ1) is 21.9. The van der Waals surface area contributed by atoms with Crippen molar-refractivity contribution in [2.45, 2.75) is 75.6 Å². The molecule has 4 heteroatoms. The van der Waals surface area contributed by atoms with E-state index >= 15 is 0 Å². The van der Waals surface area contributed by atoms with Gasteiger partial charge in [-0.05, 0) is 75.7 Å². The van der Waals surface area contributed by atoms with Crippen LogP contribution in [-0.4, -0.2) is 33.3 Å². The second-order valence-corrected chi connectivity index (χ2v) is 11.5. The molecule has 162 valence electrons. The van der Waals surface area contributed by atoms with E-state index in [0.717, 1.165) is 51.7 Å². The molecule has 2 atom stereocenters. The lowest BCUT2D eigenvalue weighted by Crippen LogP contribution is -2.59. The van der Waals surface area contributed by atoms with Gasteiger partial charge in [-0.3, -0.25) is 4.90 Å². The minimum absolute atomic E-state index is 0.0848. The number of nitrogens with zero attached hydrogens (tertiary/aromatic N) is 1. The third kappa shape index (κ3) is 4.34. The van der Waals surface area contributed by atoms with Gasteiger partial charge in [-0.2, -0.15) is 0 Å². The molecule has 0 radical (unpaired) electrons. The molecule has 30 heavy (non-hydrogen) atoms. The monoisotopic (exact) mass is 424 g/mol. The van der Waals surface area contributed by atoms with Crippen LogP contribution >= 0.6 is 0 Å². The van der Waals surface area contributed by atoms with Crippen LogP contribution in [0.1, 0.15) is 63.1 Å². The van der Waals surface area contributed by atoms with Crippen molar-refractivity contribution in [3.63, 3.8) is 0 Å². The van der Waals surface area contributed by atoms with Gasteiger partial charge in [0.15, 0.2) is 0 Å². The fraction of sp³-hybridized carbons (Fsp3) is 0.538. The quantitative estimate of drug-likeness (QED) is 0.665. The third-order valence-corrected chi connectivity index (χ3v) is 9.31. The summed E-state index contributed by atoms with van der Waals surface area (Å²) in [5.74, 6) is 0. The Bertz CT molecular complexity index is 830. The number of hydrogen-bond donors (Lipinski definition) is 1. The summed E-state index contributed by atoms with van der Waals surface area (Å²) in [6.45, 7) is 9.56. The van der Waals surface area contributed by atoms with Crippen LogP contribution in [0.25, 0.3) is 0 Å². The lowest BCUT2D eigenvalue weighted by atomic mass is 9.62. The Morgan fingerprint density at radius 2 is 1.73 bits per heavy atom. The SMILES string of the molecule is CCC(C)(C)[S+]([O-])N[C@@H]1CCc2ccccc2C12CCN(Cc1ccccc1)CC2. The number of fused-ring (bicyclic) bond motifs is 2. The molecule has 1 spiro atoms. The molecule has 3 nitrogen and oxygen atoms in total. The highest BCUT2D eigenvalue weighted by atomic mass is 32.2. The van der Waals surface area contributed by atoms with E-state index in [9.17, 15) is 4.55 Å².